The lowest BCUT2D eigenvalue weighted by Gasteiger charge is -2.26. The molecule has 2 aromatic rings. The largest absolute Gasteiger partial charge is 0.486 e. The molecule has 0 spiro atoms. The number of ether oxygens (including phenoxy) is 2. The highest BCUT2D eigenvalue weighted by molar-refractivity contribution is 6.32. The number of benzene rings is 1. The topological polar surface area (TPSA) is 63.7 Å². The van der Waals surface area contributed by atoms with Crippen molar-refractivity contribution < 1.29 is 14.3 Å². The van der Waals surface area contributed by atoms with Crippen LogP contribution in [-0.4, -0.2) is 42.1 Å². The molecule has 2 aliphatic rings. The van der Waals surface area contributed by atoms with E-state index in [-0.39, 0.29) is 11.9 Å². The van der Waals surface area contributed by atoms with Crippen LogP contribution in [0, 0.1) is 0 Å². The number of anilines is 1. The van der Waals surface area contributed by atoms with Crippen LogP contribution in [0.25, 0.3) is 0 Å². The molecule has 7 heteroatoms. The molecule has 1 saturated heterocycles. The minimum atomic E-state index is -0.0932. The summed E-state index contributed by atoms with van der Waals surface area (Å²) in [6, 6.07) is 9.74. The zero-order chi connectivity index (χ0) is 17.9. The van der Waals surface area contributed by atoms with Crippen LogP contribution in [0.5, 0.6) is 11.5 Å². The fraction of sp³-hybridized carbons (Fsp3) is 0.368. The molecule has 6 nitrogen and oxygen atoms in total. The Kier molecular flexibility index (Phi) is 4.95. The third kappa shape index (κ3) is 3.61. The summed E-state index contributed by atoms with van der Waals surface area (Å²) in [7, 11) is 0. The molecular formula is C19H20ClN3O3. The molecule has 0 radical (unpaired) electrons. The van der Waals surface area contributed by atoms with Gasteiger partial charge in [0.25, 0.3) is 0 Å². The number of aromatic nitrogens is 1. The van der Waals surface area contributed by atoms with Crippen molar-refractivity contribution in [3.05, 3.63) is 47.2 Å². The van der Waals surface area contributed by atoms with E-state index in [1.54, 1.807) is 18.3 Å². The van der Waals surface area contributed by atoms with Crippen molar-refractivity contribution in [3.8, 4) is 11.5 Å². The van der Waals surface area contributed by atoms with Gasteiger partial charge in [-0.3, -0.25) is 9.69 Å². The van der Waals surface area contributed by atoms with Crippen molar-refractivity contribution in [3.63, 3.8) is 0 Å². The maximum Gasteiger partial charge on any atom is 0.238 e. The number of hydrogen-bond acceptors (Lipinski definition) is 5. The number of likely N-dealkylation sites (tertiary alicyclic amines) is 1. The van der Waals surface area contributed by atoms with Crippen molar-refractivity contribution in [1.29, 1.82) is 0 Å². The third-order valence-electron chi connectivity index (χ3n) is 4.69. The lowest BCUT2D eigenvalue weighted by atomic mass is 10.0. The molecule has 1 aromatic carbocycles. The summed E-state index contributed by atoms with van der Waals surface area (Å²) >= 11 is 6.01. The number of nitrogens with one attached hydrogen (secondary N) is 1. The van der Waals surface area contributed by atoms with Gasteiger partial charge in [0.2, 0.25) is 5.91 Å². The molecule has 1 amide bonds. The number of pyridine rings is 1. The Morgan fingerprint density at radius 3 is 2.96 bits per heavy atom. The molecule has 0 saturated carbocycles. The molecule has 0 aliphatic carbocycles. The molecule has 26 heavy (non-hydrogen) atoms. The summed E-state index contributed by atoms with van der Waals surface area (Å²) in [6.45, 7) is 2.34. The predicted octanol–water partition coefficient (Wildman–Crippen LogP) is 3.28. The van der Waals surface area contributed by atoms with Gasteiger partial charge in [-0.2, -0.15) is 0 Å². The number of fused-ring (bicyclic) bond motifs is 1. The van der Waals surface area contributed by atoms with Gasteiger partial charge in [-0.15, -0.1) is 0 Å². The number of rotatable bonds is 4. The molecule has 0 bridgehead atoms. The van der Waals surface area contributed by atoms with E-state index in [0.717, 1.165) is 36.4 Å². The van der Waals surface area contributed by atoms with Crippen molar-refractivity contribution in [1.82, 2.24) is 9.88 Å². The first-order valence-corrected chi connectivity index (χ1v) is 9.12. The first kappa shape index (κ1) is 17.1. The molecule has 136 valence electrons. The molecule has 1 fully saturated rings. The minimum Gasteiger partial charge on any atom is -0.486 e. The van der Waals surface area contributed by atoms with Gasteiger partial charge in [-0.25, -0.2) is 4.98 Å². The van der Waals surface area contributed by atoms with Crippen molar-refractivity contribution >= 4 is 23.2 Å². The van der Waals surface area contributed by atoms with Gasteiger partial charge in [-0.05, 0) is 49.2 Å². The van der Waals surface area contributed by atoms with E-state index in [2.05, 4.69) is 21.3 Å². The van der Waals surface area contributed by atoms with Crippen molar-refractivity contribution in [2.75, 3.05) is 31.6 Å². The summed E-state index contributed by atoms with van der Waals surface area (Å²) < 4.78 is 11.3. The number of nitrogens with zero attached hydrogens (tertiary/aromatic N) is 2. The lowest BCUT2D eigenvalue weighted by Crippen LogP contribution is -2.33. The van der Waals surface area contributed by atoms with E-state index in [1.165, 1.54) is 0 Å². The van der Waals surface area contributed by atoms with Gasteiger partial charge < -0.3 is 14.8 Å². The summed E-state index contributed by atoms with van der Waals surface area (Å²) in [4.78, 5) is 18.6. The average molecular weight is 374 g/mol. The molecular weight excluding hydrogens is 354 g/mol. The quantitative estimate of drug-likeness (QED) is 0.833. The third-order valence-corrected chi connectivity index (χ3v) is 5.00. The molecule has 1 atom stereocenters. The Bertz CT molecular complexity index is 814. The second kappa shape index (κ2) is 7.51. The smallest absolute Gasteiger partial charge is 0.238 e. The highest BCUT2D eigenvalue weighted by Gasteiger charge is 2.28. The van der Waals surface area contributed by atoms with Crippen LogP contribution in [0.4, 0.5) is 5.69 Å². The van der Waals surface area contributed by atoms with Crippen LogP contribution in [0.3, 0.4) is 0 Å². The molecule has 2 aliphatic heterocycles. The number of halogens is 1. The second-order valence-electron chi connectivity index (χ2n) is 6.42. The summed E-state index contributed by atoms with van der Waals surface area (Å²) in [6.07, 6.45) is 3.66. The fourth-order valence-corrected chi connectivity index (χ4v) is 3.68. The van der Waals surface area contributed by atoms with Crippen molar-refractivity contribution in [2.45, 2.75) is 18.9 Å². The first-order valence-electron chi connectivity index (χ1n) is 8.75. The normalized spacial score (nSPS) is 19.3. The SMILES string of the molecule is O=C(CN1CCC[C@H]1c1ccc2c(c1)OCCO2)Nc1cccnc1Cl. The maximum atomic E-state index is 12.4. The Hall–Kier alpha value is -2.31. The summed E-state index contributed by atoms with van der Waals surface area (Å²) in [5.41, 5.74) is 1.69. The van der Waals surface area contributed by atoms with Crippen LogP contribution >= 0.6 is 11.6 Å². The van der Waals surface area contributed by atoms with Crippen LogP contribution in [-0.2, 0) is 4.79 Å². The summed E-state index contributed by atoms with van der Waals surface area (Å²) in [5, 5.41) is 3.14. The van der Waals surface area contributed by atoms with E-state index in [1.807, 2.05) is 12.1 Å². The fourth-order valence-electron chi connectivity index (χ4n) is 3.51. The predicted molar refractivity (Wildman–Crippen MR) is 98.9 cm³/mol. The first-order chi connectivity index (χ1) is 12.7. The van der Waals surface area contributed by atoms with E-state index in [9.17, 15) is 4.79 Å². The molecule has 1 aromatic heterocycles. The van der Waals surface area contributed by atoms with E-state index in [0.29, 0.717) is 30.6 Å². The monoisotopic (exact) mass is 373 g/mol. The van der Waals surface area contributed by atoms with Crippen LogP contribution in [0.1, 0.15) is 24.4 Å². The Labute approximate surface area is 157 Å². The number of carbonyl (C=O) groups is 1. The van der Waals surface area contributed by atoms with Gasteiger partial charge in [0.05, 0.1) is 12.2 Å². The molecule has 4 rings (SSSR count). The van der Waals surface area contributed by atoms with Gasteiger partial charge in [0.1, 0.15) is 13.2 Å². The summed E-state index contributed by atoms with van der Waals surface area (Å²) in [5.74, 6) is 1.48. The van der Waals surface area contributed by atoms with Gasteiger partial charge in [-0.1, -0.05) is 17.7 Å². The zero-order valence-corrected chi connectivity index (χ0v) is 15.0. The number of hydrogen-bond donors (Lipinski definition) is 1. The lowest BCUT2D eigenvalue weighted by molar-refractivity contribution is -0.117. The van der Waals surface area contributed by atoms with Gasteiger partial charge in [0, 0.05) is 12.2 Å². The zero-order valence-electron chi connectivity index (χ0n) is 14.3. The maximum absolute atomic E-state index is 12.4. The Morgan fingerprint density at radius 1 is 1.27 bits per heavy atom. The van der Waals surface area contributed by atoms with Crippen molar-refractivity contribution in [2.24, 2.45) is 0 Å². The Balaban J connectivity index is 1.45. The minimum absolute atomic E-state index is 0.0932. The van der Waals surface area contributed by atoms with Gasteiger partial charge >= 0.3 is 0 Å². The van der Waals surface area contributed by atoms with Crippen LogP contribution < -0.4 is 14.8 Å². The second-order valence-corrected chi connectivity index (χ2v) is 6.78. The molecule has 0 unspecified atom stereocenters. The average Bonchev–Trinajstić information content (AvgIpc) is 3.11. The molecule has 1 N–H and O–H groups in total. The number of carbonyl (C=O) groups excluding carboxylic acids is 1. The highest BCUT2D eigenvalue weighted by atomic mass is 35.5. The number of amides is 1. The van der Waals surface area contributed by atoms with E-state index in [4.69, 9.17) is 21.1 Å². The van der Waals surface area contributed by atoms with Gasteiger partial charge in [0.15, 0.2) is 16.7 Å². The van der Waals surface area contributed by atoms with Crippen LogP contribution in [0.15, 0.2) is 36.5 Å². The van der Waals surface area contributed by atoms with Crippen LogP contribution in [0.2, 0.25) is 5.15 Å². The Morgan fingerprint density at radius 2 is 2.12 bits per heavy atom. The van der Waals surface area contributed by atoms with E-state index < -0.39 is 0 Å². The standard InChI is InChI=1S/C19H20ClN3O3/c20-19-14(3-1-7-21-19)22-18(24)12-23-8-2-4-15(23)13-5-6-16-17(11-13)26-10-9-25-16/h1,3,5-7,11,15H,2,4,8-10,12H2,(H,22,24)/t15-/m0/s1. The molecule has 3 heterocycles. The van der Waals surface area contributed by atoms with E-state index >= 15 is 0 Å². The highest BCUT2D eigenvalue weighted by Crippen LogP contribution is 2.37.